The summed E-state index contributed by atoms with van der Waals surface area (Å²) in [5.74, 6) is 1.76. The van der Waals surface area contributed by atoms with E-state index in [0.29, 0.717) is 0 Å². The largest absolute Gasteiger partial charge is 0.493 e. The standard InChI is InChI=1S/C23H30N2O3/c1-17(19-7-5-4-6-8-19)24-23(26)20-11-13-25(14-12-20)16-18-9-10-21(27-2)22(15-18)28-3/h4-10,15,17,20H,11-14,16H2,1-3H3,(H,24,26)/t17-/m1/s1. The maximum absolute atomic E-state index is 12.6. The quantitative estimate of drug-likeness (QED) is 0.792. The van der Waals surface area contributed by atoms with Crippen molar-refractivity contribution in [2.75, 3.05) is 27.3 Å². The molecule has 0 aromatic heterocycles. The molecule has 1 N–H and O–H groups in total. The van der Waals surface area contributed by atoms with E-state index in [9.17, 15) is 4.79 Å². The topological polar surface area (TPSA) is 50.8 Å². The molecule has 5 nitrogen and oxygen atoms in total. The second kappa shape index (κ2) is 9.60. The normalized spacial score (nSPS) is 16.4. The summed E-state index contributed by atoms with van der Waals surface area (Å²) >= 11 is 0. The van der Waals surface area contributed by atoms with Crippen molar-refractivity contribution in [2.45, 2.75) is 32.4 Å². The Bertz CT molecular complexity index is 771. The first-order valence-electron chi connectivity index (χ1n) is 9.89. The second-order valence-corrected chi connectivity index (χ2v) is 7.38. The molecule has 1 amide bonds. The van der Waals surface area contributed by atoms with E-state index in [1.165, 1.54) is 5.56 Å². The van der Waals surface area contributed by atoms with Crippen molar-refractivity contribution in [3.05, 3.63) is 59.7 Å². The van der Waals surface area contributed by atoms with Crippen LogP contribution < -0.4 is 14.8 Å². The van der Waals surface area contributed by atoms with Crippen LogP contribution >= 0.6 is 0 Å². The molecule has 5 heteroatoms. The van der Waals surface area contributed by atoms with Gasteiger partial charge < -0.3 is 14.8 Å². The first-order valence-corrected chi connectivity index (χ1v) is 9.89. The van der Waals surface area contributed by atoms with E-state index in [-0.39, 0.29) is 17.9 Å². The van der Waals surface area contributed by atoms with Crippen LogP contribution in [-0.2, 0) is 11.3 Å². The van der Waals surface area contributed by atoms with E-state index in [1.807, 2.05) is 37.3 Å². The molecule has 2 aromatic rings. The zero-order chi connectivity index (χ0) is 19.9. The summed E-state index contributed by atoms with van der Waals surface area (Å²) in [4.78, 5) is 15.0. The number of nitrogens with one attached hydrogen (secondary N) is 1. The van der Waals surface area contributed by atoms with Crippen molar-refractivity contribution in [1.29, 1.82) is 0 Å². The van der Waals surface area contributed by atoms with E-state index in [4.69, 9.17) is 9.47 Å². The van der Waals surface area contributed by atoms with E-state index < -0.39 is 0 Å². The summed E-state index contributed by atoms with van der Waals surface area (Å²) in [6.45, 7) is 4.74. The summed E-state index contributed by atoms with van der Waals surface area (Å²) in [7, 11) is 3.30. The van der Waals surface area contributed by atoms with Crippen LogP contribution in [0, 0.1) is 5.92 Å². The fourth-order valence-corrected chi connectivity index (χ4v) is 3.75. The molecule has 1 fully saturated rings. The van der Waals surface area contributed by atoms with Crippen LogP contribution in [0.2, 0.25) is 0 Å². The molecule has 3 rings (SSSR count). The molecule has 1 aliphatic heterocycles. The minimum absolute atomic E-state index is 0.0403. The van der Waals surface area contributed by atoms with E-state index in [2.05, 4.69) is 28.4 Å². The van der Waals surface area contributed by atoms with E-state index >= 15 is 0 Å². The molecular weight excluding hydrogens is 352 g/mol. The number of methoxy groups -OCH3 is 2. The van der Waals surface area contributed by atoms with Gasteiger partial charge in [0.25, 0.3) is 0 Å². The second-order valence-electron chi connectivity index (χ2n) is 7.38. The van der Waals surface area contributed by atoms with Crippen LogP contribution in [0.15, 0.2) is 48.5 Å². The third kappa shape index (κ3) is 5.04. The number of carbonyl (C=O) groups excluding carboxylic acids is 1. The van der Waals surface area contributed by atoms with Gasteiger partial charge in [-0.1, -0.05) is 36.4 Å². The lowest BCUT2D eigenvalue weighted by Gasteiger charge is -2.32. The molecule has 0 bridgehead atoms. The molecule has 0 unspecified atom stereocenters. The Balaban J connectivity index is 1.49. The van der Waals surface area contributed by atoms with Crippen molar-refractivity contribution >= 4 is 5.91 Å². The molecule has 0 saturated carbocycles. The number of piperidine rings is 1. The van der Waals surface area contributed by atoms with Crippen molar-refractivity contribution < 1.29 is 14.3 Å². The van der Waals surface area contributed by atoms with Gasteiger partial charge in [0.1, 0.15) is 0 Å². The predicted octanol–water partition coefficient (Wildman–Crippen LogP) is 3.79. The van der Waals surface area contributed by atoms with Gasteiger partial charge in [0.05, 0.1) is 20.3 Å². The third-order valence-electron chi connectivity index (χ3n) is 5.47. The van der Waals surface area contributed by atoms with Gasteiger partial charge in [-0.05, 0) is 56.1 Å². The van der Waals surface area contributed by atoms with Gasteiger partial charge in [-0.3, -0.25) is 9.69 Å². The molecule has 0 spiro atoms. The highest BCUT2D eigenvalue weighted by Crippen LogP contribution is 2.29. The number of rotatable bonds is 7. The van der Waals surface area contributed by atoms with Crippen molar-refractivity contribution in [1.82, 2.24) is 10.2 Å². The van der Waals surface area contributed by atoms with Crippen LogP contribution in [0.25, 0.3) is 0 Å². The van der Waals surface area contributed by atoms with Gasteiger partial charge in [0.15, 0.2) is 11.5 Å². The Kier molecular flexibility index (Phi) is 6.93. The summed E-state index contributed by atoms with van der Waals surface area (Å²) in [6.07, 6.45) is 1.78. The number of nitrogens with zero attached hydrogens (tertiary/aromatic N) is 1. The molecule has 2 aromatic carbocycles. The van der Waals surface area contributed by atoms with Crippen LogP contribution in [0.4, 0.5) is 0 Å². The minimum Gasteiger partial charge on any atom is -0.493 e. The predicted molar refractivity (Wildman–Crippen MR) is 111 cm³/mol. The van der Waals surface area contributed by atoms with Gasteiger partial charge in [-0.15, -0.1) is 0 Å². The van der Waals surface area contributed by atoms with Crippen molar-refractivity contribution in [2.24, 2.45) is 5.92 Å². The van der Waals surface area contributed by atoms with Crippen LogP contribution in [0.3, 0.4) is 0 Å². The number of likely N-dealkylation sites (tertiary alicyclic amines) is 1. The monoisotopic (exact) mass is 382 g/mol. The Hall–Kier alpha value is -2.53. The molecule has 150 valence electrons. The minimum atomic E-state index is 0.0403. The Morgan fingerprint density at radius 2 is 1.75 bits per heavy atom. The maximum Gasteiger partial charge on any atom is 0.223 e. The third-order valence-corrected chi connectivity index (χ3v) is 5.47. The molecule has 0 aliphatic carbocycles. The number of benzene rings is 2. The highest BCUT2D eigenvalue weighted by Gasteiger charge is 2.26. The lowest BCUT2D eigenvalue weighted by Crippen LogP contribution is -2.40. The average Bonchev–Trinajstić information content (AvgIpc) is 2.74. The van der Waals surface area contributed by atoms with E-state index in [1.54, 1.807) is 14.2 Å². The fourth-order valence-electron chi connectivity index (χ4n) is 3.75. The molecule has 1 heterocycles. The molecule has 1 aliphatic rings. The first-order chi connectivity index (χ1) is 13.6. The SMILES string of the molecule is COc1ccc(CN2CCC(C(=O)N[C@H](C)c3ccccc3)CC2)cc1OC. The van der Waals surface area contributed by atoms with Gasteiger partial charge in [0.2, 0.25) is 5.91 Å². The van der Waals surface area contributed by atoms with Gasteiger partial charge in [0, 0.05) is 12.5 Å². The van der Waals surface area contributed by atoms with Crippen LogP contribution in [-0.4, -0.2) is 38.1 Å². The summed E-state index contributed by atoms with van der Waals surface area (Å²) in [5.41, 5.74) is 2.33. The van der Waals surface area contributed by atoms with Crippen molar-refractivity contribution in [3.8, 4) is 11.5 Å². The lowest BCUT2D eigenvalue weighted by atomic mass is 9.95. The summed E-state index contributed by atoms with van der Waals surface area (Å²) < 4.78 is 10.7. The van der Waals surface area contributed by atoms with Gasteiger partial charge in [-0.25, -0.2) is 0 Å². The number of hydrogen-bond donors (Lipinski definition) is 1. The molecule has 1 atom stereocenters. The highest BCUT2D eigenvalue weighted by atomic mass is 16.5. The van der Waals surface area contributed by atoms with Crippen molar-refractivity contribution in [3.63, 3.8) is 0 Å². The fraction of sp³-hybridized carbons (Fsp3) is 0.435. The van der Waals surface area contributed by atoms with Gasteiger partial charge >= 0.3 is 0 Å². The maximum atomic E-state index is 12.6. The number of ether oxygens (including phenoxy) is 2. The molecule has 1 saturated heterocycles. The molecule has 28 heavy (non-hydrogen) atoms. The lowest BCUT2D eigenvalue weighted by molar-refractivity contribution is -0.127. The number of carbonyl (C=O) groups is 1. The molecular formula is C23H30N2O3. The Morgan fingerprint density at radius 1 is 1.07 bits per heavy atom. The Morgan fingerprint density at radius 3 is 2.39 bits per heavy atom. The van der Waals surface area contributed by atoms with Gasteiger partial charge in [-0.2, -0.15) is 0 Å². The summed E-state index contributed by atoms with van der Waals surface area (Å²) in [5, 5.41) is 3.17. The highest BCUT2D eigenvalue weighted by molar-refractivity contribution is 5.79. The summed E-state index contributed by atoms with van der Waals surface area (Å²) in [6, 6.07) is 16.2. The van der Waals surface area contributed by atoms with Crippen LogP contribution in [0.1, 0.15) is 36.9 Å². The zero-order valence-corrected chi connectivity index (χ0v) is 17.0. The van der Waals surface area contributed by atoms with E-state index in [0.717, 1.165) is 49.5 Å². The molecule has 0 radical (unpaired) electrons. The average molecular weight is 383 g/mol. The zero-order valence-electron chi connectivity index (χ0n) is 17.0. The van der Waals surface area contributed by atoms with Crippen LogP contribution in [0.5, 0.6) is 11.5 Å². The Labute approximate surface area is 167 Å². The first kappa shape index (κ1) is 20.2. The smallest absolute Gasteiger partial charge is 0.223 e. The number of hydrogen-bond acceptors (Lipinski definition) is 4. The number of amides is 1.